The minimum absolute atomic E-state index is 0.209. The molecule has 0 amide bonds. The summed E-state index contributed by atoms with van der Waals surface area (Å²) in [5.74, 6) is -0.908. The van der Waals surface area contributed by atoms with Gasteiger partial charge in [0.05, 0.1) is 6.04 Å². The molecule has 0 spiro atoms. The molecule has 0 saturated carbocycles. The molecule has 1 aliphatic heterocycles. The van der Waals surface area contributed by atoms with Crippen molar-refractivity contribution in [1.82, 2.24) is 14.8 Å². The van der Waals surface area contributed by atoms with E-state index in [0.717, 1.165) is 6.07 Å². The van der Waals surface area contributed by atoms with Crippen LogP contribution in [0.1, 0.15) is 23.9 Å². The van der Waals surface area contributed by atoms with Crippen LogP contribution in [-0.4, -0.2) is 26.4 Å². The molecule has 1 aromatic heterocycles. The van der Waals surface area contributed by atoms with Crippen molar-refractivity contribution in [2.75, 3.05) is 11.9 Å². The first kappa shape index (κ1) is 12.0. The molecule has 1 aromatic carbocycles. The third-order valence-electron chi connectivity index (χ3n) is 3.14. The molecule has 1 atom stereocenters. The van der Waals surface area contributed by atoms with Crippen LogP contribution in [0, 0.1) is 11.6 Å². The van der Waals surface area contributed by atoms with Gasteiger partial charge < -0.3 is 10.4 Å². The fourth-order valence-electron chi connectivity index (χ4n) is 2.24. The van der Waals surface area contributed by atoms with Gasteiger partial charge in [0, 0.05) is 6.54 Å². The van der Waals surface area contributed by atoms with Crippen molar-refractivity contribution in [2.24, 2.45) is 0 Å². The number of aromatic nitrogens is 3. The largest absolute Gasteiger partial charge is 0.388 e. The van der Waals surface area contributed by atoms with E-state index in [-0.39, 0.29) is 12.6 Å². The highest BCUT2D eigenvalue weighted by Gasteiger charge is 2.24. The van der Waals surface area contributed by atoms with Gasteiger partial charge in [-0.25, -0.2) is 13.5 Å². The molecule has 5 nitrogen and oxygen atoms in total. The Morgan fingerprint density at radius 1 is 1.37 bits per heavy atom. The Bertz CT molecular complexity index is 614. The maximum Gasteiger partial charge on any atom is 0.222 e. The van der Waals surface area contributed by atoms with E-state index in [1.165, 1.54) is 6.07 Å². The van der Waals surface area contributed by atoms with Gasteiger partial charge in [0.1, 0.15) is 6.61 Å². The van der Waals surface area contributed by atoms with E-state index in [9.17, 15) is 8.78 Å². The van der Waals surface area contributed by atoms with Gasteiger partial charge in [0.2, 0.25) is 5.95 Å². The number of nitrogens with one attached hydrogen (secondary N) is 1. The normalized spacial score (nSPS) is 17.9. The number of rotatable bonds is 2. The lowest BCUT2D eigenvalue weighted by Crippen LogP contribution is -2.24. The molecule has 100 valence electrons. The number of anilines is 1. The third-order valence-corrected chi connectivity index (χ3v) is 3.14. The van der Waals surface area contributed by atoms with Crippen LogP contribution in [-0.2, 0) is 6.61 Å². The minimum Gasteiger partial charge on any atom is -0.388 e. The van der Waals surface area contributed by atoms with E-state index in [1.807, 2.05) is 0 Å². The van der Waals surface area contributed by atoms with E-state index >= 15 is 0 Å². The Hall–Kier alpha value is -2.02. The van der Waals surface area contributed by atoms with E-state index in [1.54, 1.807) is 10.7 Å². The van der Waals surface area contributed by atoms with Crippen LogP contribution in [0.3, 0.4) is 0 Å². The highest BCUT2D eigenvalue weighted by atomic mass is 19.2. The smallest absolute Gasteiger partial charge is 0.222 e. The topological polar surface area (TPSA) is 63.0 Å². The molecule has 0 aliphatic carbocycles. The van der Waals surface area contributed by atoms with Crippen molar-refractivity contribution in [3.63, 3.8) is 0 Å². The van der Waals surface area contributed by atoms with E-state index in [4.69, 9.17) is 5.11 Å². The Morgan fingerprint density at radius 2 is 2.21 bits per heavy atom. The zero-order valence-corrected chi connectivity index (χ0v) is 9.98. The first-order valence-corrected chi connectivity index (χ1v) is 5.94. The summed E-state index contributed by atoms with van der Waals surface area (Å²) in [4.78, 5) is 4.11. The molecule has 1 unspecified atom stereocenters. The molecule has 1 aliphatic rings. The quantitative estimate of drug-likeness (QED) is 0.863. The van der Waals surface area contributed by atoms with Crippen LogP contribution in [0.4, 0.5) is 14.7 Å². The van der Waals surface area contributed by atoms with Crippen LogP contribution in [0.25, 0.3) is 0 Å². The zero-order valence-electron chi connectivity index (χ0n) is 9.98. The fraction of sp³-hybridized carbons (Fsp3) is 0.333. The van der Waals surface area contributed by atoms with Crippen molar-refractivity contribution >= 4 is 5.95 Å². The number of hydrogen-bond acceptors (Lipinski definition) is 4. The molecule has 2 N–H and O–H groups in total. The number of aliphatic hydroxyl groups excluding tert-OH is 1. The summed E-state index contributed by atoms with van der Waals surface area (Å²) >= 11 is 0. The molecule has 2 aromatic rings. The van der Waals surface area contributed by atoms with Crippen molar-refractivity contribution in [1.29, 1.82) is 0 Å². The summed E-state index contributed by atoms with van der Waals surface area (Å²) in [6, 6.07) is 3.61. The van der Waals surface area contributed by atoms with Crippen molar-refractivity contribution in [2.45, 2.75) is 19.1 Å². The van der Waals surface area contributed by atoms with Crippen LogP contribution < -0.4 is 5.32 Å². The molecule has 7 heteroatoms. The lowest BCUT2D eigenvalue weighted by atomic mass is 10.0. The third kappa shape index (κ3) is 2.06. The SMILES string of the molecule is OCc1nc2n(n1)C(c1ccc(F)c(F)c1)CCN2. The molecule has 19 heavy (non-hydrogen) atoms. The molecular formula is C12H12F2N4O. The van der Waals surface area contributed by atoms with Crippen LogP contribution in [0.2, 0.25) is 0 Å². The van der Waals surface area contributed by atoms with Gasteiger partial charge in [-0.15, -0.1) is 0 Å². The summed E-state index contributed by atoms with van der Waals surface area (Å²) in [6.07, 6.45) is 0.687. The fourth-order valence-corrected chi connectivity index (χ4v) is 2.24. The summed E-state index contributed by atoms with van der Waals surface area (Å²) in [7, 11) is 0. The average Bonchev–Trinajstić information content (AvgIpc) is 2.85. The standard InChI is InChI=1S/C12H12F2N4O/c13-8-2-1-7(5-9(8)14)10-3-4-15-12-16-11(6-19)17-18(10)12/h1-2,5,10,19H,3-4,6H2,(H,15,16,17). The Balaban J connectivity index is 2.02. The average molecular weight is 266 g/mol. The van der Waals surface area contributed by atoms with Crippen molar-refractivity contribution < 1.29 is 13.9 Å². The summed E-state index contributed by atoms with van der Waals surface area (Å²) in [5, 5.41) is 16.3. The lowest BCUT2D eigenvalue weighted by molar-refractivity contribution is 0.270. The van der Waals surface area contributed by atoms with Gasteiger partial charge in [-0.3, -0.25) is 0 Å². The Morgan fingerprint density at radius 3 is 2.95 bits per heavy atom. The van der Waals surface area contributed by atoms with Gasteiger partial charge in [-0.2, -0.15) is 10.1 Å². The summed E-state index contributed by atoms with van der Waals surface area (Å²) in [5.41, 5.74) is 0.635. The monoisotopic (exact) mass is 266 g/mol. The molecule has 2 heterocycles. The molecule has 0 fully saturated rings. The number of nitrogens with zero attached hydrogens (tertiary/aromatic N) is 3. The van der Waals surface area contributed by atoms with Crippen LogP contribution >= 0.6 is 0 Å². The Kier molecular flexibility index (Phi) is 2.90. The number of aliphatic hydroxyl groups is 1. The van der Waals surface area contributed by atoms with Crippen LogP contribution in [0.5, 0.6) is 0 Å². The second kappa shape index (κ2) is 4.58. The molecular weight excluding hydrogens is 254 g/mol. The van der Waals surface area contributed by atoms with Gasteiger partial charge in [0.15, 0.2) is 17.5 Å². The predicted molar refractivity (Wildman–Crippen MR) is 63.5 cm³/mol. The highest BCUT2D eigenvalue weighted by molar-refractivity contribution is 5.33. The predicted octanol–water partition coefficient (Wildman–Crippen LogP) is 1.45. The van der Waals surface area contributed by atoms with Gasteiger partial charge >= 0.3 is 0 Å². The lowest BCUT2D eigenvalue weighted by Gasteiger charge is -2.24. The van der Waals surface area contributed by atoms with E-state index < -0.39 is 11.6 Å². The van der Waals surface area contributed by atoms with Crippen LogP contribution in [0.15, 0.2) is 18.2 Å². The molecule has 0 radical (unpaired) electrons. The molecule has 0 bridgehead atoms. The first-order valence-electron chi connectivity index (χ1n) is 5.94. The molecule has 3 rings (SSSR count). The molecule has 0 saturated heterocycles. The Labute approximate surface area is 107 Å². The first-order chi connectivity index (χ1) is 9.19. The summed E-state index contributed by atoms with van der Waals surface area (Å²) in [6.45, 7) is 0.402. The number of hydrogen-bond donors (Lipinski definition) is 2. The summed E-state index contributed by atoms with van der Waals surface area (Å²) < 4.78 is 27.9. The van der Waals surface area contributed by atoms with E-state index in [2.05, 4.69) is 15.4 Å². The van der Waals surface area contributed by atoms with Crippen molar-refractivity contribution in [3.05, 3.63) is 41.2 Å². The van der Waals surface area contributed by atoms with Gasteiger partial charge in [-0.1, -0.05) is 6.07 Å². The van der Waals surface area contributed by atoms with Crippen molar-refractivity contribution in [3.8, 4) is 0 Å². The zero-order chi connectivity index (χ0) is 13.4. The van der Waals surface area contributed by atoms with Gasteiger partial charge in [-0.05, 0) is 24.1 Å². The maximum atomic E-state index is 13.3. The minimum atomic E-state index is -0.875. The maximum absolute atomic E-state index is 13.3. The number of benzene rings is 1. The number of halogens is 2. The van der Waals surface area contributed by atoms with E-state index in [0.29, 0.717) is 30.3 Å². The second-order valence-corrected chi connectivity index (χ2v) is 4.36. The van der Waals surface area contributed by atoms with Gasteiger partial charge in [0.25, 0.3) is 0 Å². The second-order valence-electron chi connectivity index (χ2n) is 4.36. The highest BCUT2D eigenvalue weighted by Crippen LogP contribution is 2.29. The number of fused-ring (bicyclic) bond motifs is 1.